The molecule has 154 valence electrons. The molecule has 1 aromatic heterocycles. The van der Waals surface area contributed by atoms with Crippen LogP contribution in [0.3, 0.4) is 0 Å². The minimum atomic E-state index is -0.203. The normalized spacial score (nSPS) is 11.0. The zero-order chi connectivity index (χ0) is 21.5. The van der Waals surface area contributed by atoms with E-state index >= 15 is 0 Å². The predicted octanol–water partition coefficient (Wildman–Crippen LogP) is 4.46. The van der Waals surface area contributed by atoms with Crippen molar-refractivity contribution in [1.82, 2.24) is 15.2 Å². The van der Waals surface area contributed by atoms with Gasteiger partial charge in [0.2, 0.25) is 5.91 Å². The molecule has 1 heterocycles. The summed E-state index contributed by atoms with van der Waals surface area (Å²) in [6, 6.07) is 28.6. The molecule has 4 rings (SSSR count). The van der Waals surface area contributed by atoms with Gasteiger partial charge in [-0.05, 0) is 41.5 Å². The third kappa shape index (κ3) is 5.25. The Balaban J connectivity index is 1.46. The summed E-state index contributed by atoms with van der Waals surface area (Å²) in [5.41, 5.74) is 7.22. The van der Waals surface area contributed by atoms with Crippen molar-refractivity contribution in [2.45, 2.75) is 13.0 Å². The molecule has 1 amide bonds. The van der Waals surface area contributed by atoms with Crippen molar-refractivity contribution in [3.05, 3.63) is 96.6 Å². The van der Waals surface area contributed by atoms with E-state index in [0.717, 1.165) is 28.1 Å². The smallest absolute Gasteiger partial charge is 0.241 e. The molecule has 0 spiro atoms. The number of amides is 1. The molecule has 0 saturated carbocycles. The van der Waals surface area contributed by atoms with Crippen LogP contribution in [0.5, 0.6) is 5.75 Å². The van der Waals surface area contributed by atoms with Crippen LogP contribution < -0.4 is 5.43 Å². The lowest BCUT2D eigenvalue weighted by molar-refractivity contribution is -0.121. The van der Waals surface area contributed by atoms with Gasteiger partial charge in [-0.2, -0.15) is 10.2 Å². The molecule has 0 unspecified atom stereocenters. The Morgan fingerprint density at radius 2 is 1.58 bits per heavy atom. The zero-order valence-corrected chi connectivity index (χ0v) is 16.8. The number of benzene rings is 3. The van der Waals surface area contributed by atoms with Crippen LogP contribution in [0.4, 0.5) is 0 Å². The summed E-state index contributed by atoms with van der Waals surface area (Å²) in [5.74, 6) is -0.0182. The van der Waals surface area contributed by atoms with Crippen LogP contribution in [-0.2, 0) is 11.3 Å². The molecule has 6 nitrogen and oxygen atoms in total. The van der Waals surface area contributed by atoms with E-state index in [0.29, 0.717) is 6.54 Å². The average Bonchev–Trinajstić information content (AvgIpc) is 3.25. The fourth-order valence-electron chi connectivity index (χ4n) is 3.18. The fourth-order valence-corrected chi connectivity index (χ4v) is 3.18. The SMILES string of the molecule is O=C(CCn1nc(-c2ccccc2)cc1-c1ccccc1)N/N=C/c1ccc(O)cc1. The van der Waals surface area contributed by atoms with Crippen LogP contribution in [0.25, 0.3) is 22.5 Å². The van der Waals surface area contributed by atoms with E-state index in [9.17, 15) is 9.90 Å². The number of nitrogens with one attached hydrogen (secondary N) is 1. The fraction of sp³-hybridized carbons (Fsp3) is 0.0800. The maximum atomic E-state index is 12.3. The first-order valence-corrected chi connectivity index (χ1v) is 9.99. The molecule has 31 heavy (non-hydrogen) atoms. The van der Waals surface area contributed by atoms with E-state index in [4.69, 9.17) is 5.10 Å². The summed E-state index contributed by atoms with van der Waals surface area (Å²) in [7, 11) is 0. The van der Waals surface area contributed by atoms with Gasteiger partial charge in [0.15, 0.2) is 0 Å². The number of phenolic OH excluding ortho intramolecular Hbond substituents is 1. The standard InChI is InChI=1S/C25H22N4O2/c30-22-13-11-19(12-14-22)18-26-27-25(31)15-16-29-24(21-9-5-2-6-10-21)17-23(28-29)20-7-3-1-4-8-20/h1-14,17-18,30H,15-16H2,(H,27,31)/b26-18+. The number of hydrogen-bond donors (Lipinski definition) is 2. The average molecular weight is 410 g/mol. The lowest BCUT2D eigenvalue weighted by Crippen LogP contribution is -2.20. The van der Waals surface area contributed by atoms with Gasteiger partial charge in [0, 0.05) is 12.0 Å². The lowest BCUT2D eigenvalue weighted by atomic mass is 10.1. The van der Waals surface area contributed by atoms with Crippen LogP contribution in [0, 0.1) is 0 Å². The van der Waals surface area contributed by atoms with Crippen LogP contribution >= 0.6 is 0 Å². The number of phenols is 1. The topological polar surface area (TPSA) is 79.5 Å². The third-order valence-corrected chi connectivity index (χ3v) is 4.77. The number of aromatic hydroxyl groups is 1. The van der Waals surface area contributed by atoms with Crippen molar-refractivity contribution in [1.29, 1.82) is 0 Å². The monoisotopic (exact) mass is 410 g/mol. The van der Waals surface area contributed by atoms with Gasteiger partial charge in [-0.15, -0.1) is 0 Å². The molecular formula is C25H22N4O2. The van der Waals surface area contributed by atoms with Gasteiger partial charge in [0.1, 0.15) is 5.75 Å². The number of nitrogens with zero attached hydrogens (tertiary/aromatic N) is 3. The van der Waals surface area contributed by atoms with Gasteiger partial charge in [-0.1, -0.05) is 60.7 Å². The Morgan fingerprint density at radius 3 is 2.26 bits per heavy atom. The molecule has 0 bridgehead atoms. The second-order valence-electron chi connectivity index (χ2n) is 7.00. The summed E-state index contributed by atoms with van der Waals surface area (Å²) in [6.07, 6.45) is 1.77. The van der Waals surface area contributed by atoms with Crippen LogP contribution in [0.2, 0.25) is 0 Å². The van der Waals surface area contributed by atoms with E-state index in [1.807, 2.05) is 71.4 Å². The molecule has 6 heteroatoms. The van der Waals surface area contributed by atoms with Crippen molar-refractivity contribution in [3.63, 3.8) is 0 Å². The lowest BCUT2D eigenvalue weighted by Gasteiger charge is -2.07. The van der Waals surface area contributed by atoms with Gasteiger partial charge >= 0.3 is 0 Å². The molecule has 0 fully saturated rings. The Hall–Kier alpha value is -4.19. The van der Waals surface area contributed by atoms with Crippen LogP contribution in [0.15, 0.2) is 96.1 Å². The first kappa shape index (κ1) is 20.1. The molecule has 0 aliphatic rings. The molecule has 0 saturated heterocycles. The molecular weight excluding hydrogens is 388 g/mol. The molecule has 0 atom stereocenters. The Kier molecular flexibility index (Phi) is 6.18. The number of rotatable bonds is 7. The first-order chi connectivity index (χ1) is 15.2. The van der Waals surface area contributed by atoms with E-state index < -0.39 is 0 Å². The highest BCUT2D eigenvalue weighted by Crippen LogP contribution is 2.26. The van der Waals surface area contributed by atoms with Crippen molar-refractivity contribution < 1.29 is 9.90 Å². The van der Waals surface area contributed by atoms with Crippen molar-refractivity contribution in [3.8, 4) is 28.3 Å². The van der Waals surface area contributed by atoms with E-state index in [-0.39, 0.29) is 18.1 Å². The molecule has 0 aliphatic carbocycles. The summed E-state index contributed by atoms with van der Waals surface area (Å²) in [6.45, 7) is 0.428. The molecule has 0 aliphatic heterocycles. The zero-order valence-electron chi connectivity index (χ0n) is 16.8. The minimum absolute atomic E-state index is 0.185. The quantitative estimate of drug-likeness (QED) is 0.349. The molecule has 4 aromatic rings. The summed E-state index contributed by atoms with van der Waals surface area (Å²) in [4.78, 5) is 12.3. The summed E-state index contributed by atoms with van der Waals surface area (Å²) < 4.78 is 1.86. The van der Waals surface area contributed by atoms with E-state index in [2.05, 4.69) is 10.5 Å². The second kappa shape index (κ2) is 9.54. The number of carbonyl (C=O) groups excluding carboxylic acids is 1. The Labute approximate surface area is 180 Å². The van der Waals surface area contributed by atoms with Crippen molar-refractivity contribution in [2.75, 3.05) is 0 Å². The molecule has 0 radical (unpaired) electrons. The number of hydrazone groups is 1. The van der Waals surface area contributed by atoms with E-state index in [1.54, 1.807) is 24.3 Å². The van der Waals surface area contributed by atoms with Crippen LogP contribution in [0.1, 0.15) is 12.0 Å². The number of aromatic nitrogens is 2. The largest absolute Gasteiger partial charge is 0.508 e. The summed E-state index contributed by atoms with van der Waals surface area (Å²) in [5, 5.41) is 18.0. The Morgan fingerprint density at radius 1 is 0.935 bits per heavy atom. The summed E-state index contributed by atoms with van der Waals surface area (Å²) >= 11 is 0. The minimum Gasteiger partial charge on any atom is -0.508 e. The van der Waals surface area contributed by atoms with Crippen LogP contribution in [-0.4, -0.2) is 27.0 Å². The highest BCUT2D eigenvalue weighted by Gasteiger charge is 2.12. The van der Waals surface area contributed by atoms with Crippen molar-refractivity contribution in [2.24, 2.45) is 5.10 Å². The predicted molar refractivity (Wildman–Crippen MR) is 122 cm³/mol. The third-order valence-electron chi connectivity index (χ3n) is 4.77. The van der Waals surface area contributed by atoms with Gasteiger partial charge in [-0.3, -0.25) is 9.48 Å². The van der Waals surface area contributed by atoms with Gasteiger partial charge in [0.25, 0.3) is 0 Å². The number of hydrogen-bond acceptors (Lipinski definition) is 4. The maximum absolute atomic E-state index is 12.3. The highest BCUT2D eigenvalue weighted by atomic mass is 16.3. The van der Waals surface area contributed by atoms with Gasteiger partial charge < -0.3 is 5.11 Å². The number of aryl methyl sites for hydroxylation is 1. The molecule has 2 N–H and O–H groups in total. The molecule has 3 aromatic carbocycles. The van der Waals surface area contributed by atoms with Gasteiger partial charge in [-0.25, -0.2) is 5.43 Å². The second-order valence-corrected chi connectivity index (χ2v) is 7.00. The highest BCUT2D eigenvalue weighted by molar-refractivity contribution is 5.82. The van der Waals surface area contributed by atoms with Crippen molar-refractivity contribution >= 4 is 12.1 Å². The first-order valence-electron chi connectivity index (χ1n) is 9.99. The number of carbonyl (C=O) groups is 1. The van der Waals surface area contributed by atoms with Gasteiger partial charge in [0.05, 0.1) is 24.1 Å². The maximum Gasteiger partial charge on any atom is 0.241 e. The Bertz CT molecular complexity index is 1170. The van der Waals surface area contributed by atoms with E-state index in [1.165, 1.54) is 6.21 Å².